The maximum atomic E-state index is 11.3. The van der Waals surface area contributed by atoms with Crippen molar-refractivity contribution < 1.29 is 4.79 Å². The molecule has 0 bridgehead atoms. The second-order valence-electron chi connectivity index (χ2n) is 5.10. The number of carbonyl (C=O) groups excluding carboxylic acids is 1. The Morgan fingerprint density at radius 3 is 2.47 bits per heavy atom. The number of hydrogen-bond donors (Lipinski definition) is 2. The van der Waals surface area contributed by atoms with E-state index in [-0.39, 0.29) is 11.8 Å². The first-order chi connectivity index (χ1) is 7.27. The average Bonchev–Trinajstić information content (AvgIpc) is 2.16. The van der Waals surface area contributed by atoms with Gasteiger partial charge in [0.2, 0.25) is 5.91 Å². The first-order valence-electron chi connectivity index (χ1n) is 6.30. The van der Waals surface area contributed by atoms with E-state index in [4.69, 9.17) is 5.73 Å². The van der Waals surface area contributed by atoms with Crippen LogP contribution in [0.15, 0.2) is 0 Å². The summed E-state index contributed by atoms with van der Waals surface area (Å²) in [4.78, 5) is 11.3. The van der Waals surface area contributed by atoms with Crippen LogP contribution >= 0.6 is 0 Å². The van der Waals surface area contributed by atoms with E-state index in [0.29, 0.717) is 6.04 Å². The van der Waals surface area contributed by atoms with Crippen molar-refractivity contribution in [3.8, 4) is 0 Å². The Morgan fingerprint density at radius 1 is 1.13 bits per heavy atom. The number of nitrogens with two attached hydrogens (primary N) is 1. The number of amides is 1. The molecule has 2 aliphatic carbocycles. The van der Waals surface area contributed by atoms with E-state index >= 15 is 0 Å². The Hall–Kier alpha value is -0.570. The number of rotatable bonds is 4. The van der Waals surface area contributed by atoms with Gasteiger partial charge in [0.15, 0.2) is 0 Å². The van der Waals surface area contributed by atoms with Gasteiger partial charge >= 0.3 is 0 Å². The van der Waals surface area contributed by atoms with Crippen molar-refractivity contribution in [2.24, 2.45) is 17.6 Å². The van der Waals surface area contributed by atoms with Crippen LogP contribution in [-0.4, -0.2) is 18.5 Å². The van der Waals surface area contributed by atoms with E-state index in [1.54, 1.807) is 0 Å². The molecule has 1 amide bonds. The lowest BCUT2D eigenvalue weighted by Crippen LogP contribution is -2.46. The van der Waals surface area contributed by atoms with Crippen LogP contribution in [0.1, 0.15) is 44.9 Å². The van der Waals surface area contributed by atoms with Gasteiger partial charge < -0.3 is 11.1 Å². The molecule has 3 N–H and O–H groups in total. The highest BCUT2D eigenvalue weighted by Gasteiger charge is 2.29. The molecule has 0 unspecified atom stereocenters. The lowest BCUT2D eigenvalue weighted by molar-refractivity contribution is -0.123. The fraction of sp³-hybridized carbons (Fsp3) is 0.917. The van der Waals surface area contributed by atoms with Gasteiger partial charge in [0.05, 0.1) is 5.92 Å². The third-order valence-electron chi connectivity index (χ3n) is 4.02. The maximum absolute atomic E-state index is 11.3. The molecular weight excluding hydrogens is 188 g/mol. The van der Waals surface area contributed by atoms with Gasteiger partial charge in [0.1, 0.15) is 0 Å². The number of nitrogens with one attached hydrogen (secondary N) is 1. The highest BCUT2D eigenvalue weighted by Crippen LogP contribution is 2.28. The number of hydrogen-bond acceptors (Lipinski definition) is 2. The summed E-state index contributed by atoms with van der Waals surface area (Å²) in [6, 6.07) is 0.358. The maximum Gasteiger partial charge on any atom is 0.222 e. The summed E-state index contributed by atoms with van der Waals surface area (Å²) in [7, 11) is 0. The topological polar surface area (TPSA) is 55.1 Å². The van der Waals surface area contributed by atoms with Gasteiger partial charge in [-0.05, 0) is 38.1 Å². The first-order valence-corrected chi connectivity index (χ1v) is 6.30. The molecule has 2 fully saturated rings. The normalized spacial score (nSPS) is 32.3. The van der Waals surface area contributed by atoms with Crippen LogP contribution in [0.4, 0.5) is 0 Å². The molecular formula is C12H22N2O. The van der Waals surface area contributed by atoms with E-state index in [1.807, 2.05) is 0 Å². The summed E-state index contributed by atoms with van der Waals surface area (Å²) in [5.74, 6) is 0.833. The predicted molar refractivity (Wildman–Crippen MR) is 60.3 cm³/mol. The van der Waals surface area contributed by atoms with Crippen molar-refractivity contribution >= 4 is 5.91 Å². The summed E-state index contributed by atoms with van der Waals surface area (Å²) in [6.45, 7) is 1.09. The Kier molecular flexibility index (Phi) is 3.62. The van der Waals surface area contributed by atoms with Crippen LogP contribution in [0.2, 0.25) is 0 Å². The molecule has 2 rings (SSSR count). The first kappa shape index (κ1) is 10.9. The van der Waals surface area contributed by atoms with Crippen LogP contribution in [0.5, 0.6) is 0 Å². The van der Waals surface area contributed by atoms with Crippen LogP contribution in [0, 0.1) is 11.8 Å². The van der Waals surface area contributed by atoms with Crippen LogP contribution in [-0.2, 0) is 4.79 Å². The van der Waals surface area contributed by atoms with E-state index in [9.17, 15) is 4.79 Å². The molecule has 15 heavy (non-hydrogen) atoms. The fourth-order valence-corrected chi connectivity index (χ4v) is 2.73. The monoisotopic (exact) mass is 210 g/mol. The Bertz CT molecular complexity index is 226. The zero-order valence-corrected chi connectivity index (χ0v) is 9.37. The van der Waals surface area contributed by atoms with Crippen molar-refractivity contribution in [3.05, 3.63) is 0 Å². The predicted octanol–water partition coefficient (Wildman–Crippen LogP) is 1.42. The molecule has 0 saturated heterocycles. The highest BCUT2D eigenvalue weighted by molar-refractivity contribution is 5.77. The summed E-state index contributed by atoms with van der Waals surface area (Å²) in [6.07, 6.45) is 8.62. The lowest BCUT2D eigenvalue weighted by atomic mass is 9.82. The minimum atomic E-state index is -0.110. The van der Waals surface area contributed by atoms with Crippen molar-refractivity contribution in [2.45, 2.75) is 51.0 Å². The van der Waals surface area contributed by atoms with E-state index in [1.165, 1.54) is 25.7 Å². The number of carbonyl (C=O) groups is 1. The Labute approximate surface area is 91.8 Å². The second kappa shape index (κ2) is 4.97. The summed E-state index contributed by atoms with van der Waals surface area (Å²) < 4.78 is 0. The molecule has 0 spiro atoms. The van der Waals surface area contributed by atoms with E-state index in [2.05, 4.69) is 5.32 Å². The smallest absolute Gasteiger partial charge is 0.222 e. The summed E-state index contributed by atoms with van der Waals surface area (Å²) in [5.41, 5.74) is 5.43. The molecule has 0 aliphatic heterocycles. The largest absolute Gasteiger partial charge is 0.369 e. The minimum Gasteiger partial charge on any atom is -0.369 e. The van der Waals surface area contributed by atoms with E-state index < -0.39 is 0 Å². The fourth-order valence-electron chi connectivity index (χ4n) is 2.73. The summed E-state index contributed by atoms with van der Waals surface area (Å²) in [5, 5.41) is 3.55. The van der Waals surface area contributed by atoms with Crippen LogP contribution < -0.4 is 11.1 Å². The van der Waals surface area contributed by atoms with E-state index in [0.717, 1.165) is 31.7 Å². The minimum absolute atomic E-state index is 0.0822. The molecule has 3 heteroatoms. The van der Waals surface area contributed by atoms with Gasteiger partial charge in [-0.15, -0.1) is 0 Å². The lowest BCUT2D eigenvalue weighted by Gasteiger charge is -2.33. The van der Waals surface area contributed by atoms with Gasteiger partial charge in [-0.3, -0.25) is 4.79 Å². The molecule has 0 aromatic rings. The van der Waals surface area contributed by atoms with Crippen molar-refractivity contribution in [1.29, 1.82) is 0 Å². The average molecular weight is 210 g/mol. The SMILES string of the molecule is NC(=O)[C@@H]1CCCC[C@@H]1NCC1CCC1. The summed E-state index contributed by atoms with van der Waals surface area (Å²) >= 11 is 0. The van der Waals surface area contributed by atoms with Gasteiger partial charge in [-0.1, -0.05) is 19.3 Å². The van der Waals surface area contributed by atoms with Crippen LogP contribution in [0.3, 0.4) is 0 Å². The van der Waals surface area contributed by atoms with Gasteiger partial charge in [-0.25, -0.2) is 0 Å². The molecule has 2 atom stereocenters. The standard InChI is InChI=1S/C12H22N2O/c13-12(15)10-6-1-2-7-11(10)14-8-9-4-3-5-9/h9-11,14H,1-8H2,(H2,13,15)/t10-,11+/m1/s1. The van der Waals surface area contributed by atoms with Crippen molar-refractivity contribution in [3.63, 3.8) is 0 Å². The molecule has 2 saturated carbocycles. The molecule has 0 heterocycles. The van der Waals surface area contributed by atoms with Crippen molar-refractivity contribution in [2.75, 3.05) is 6.54 Å². The highest BCUT2D eigenvalue weighted by atomic mass is 16.1. The van der Waals surface area contributed by atoms with Gasteiger partial charge in [-0.2, -0.15) is 0 Å². The third-order valence-corrected chi connectivity index (χ3v) is 4.02. The Morgan fingerprint density at radius 2 is 1.87 bits per heavy atom. The second-order valence-corrected chi connectivity index (χ2v) is 5.10. The molecule has 2 aliphatic rings. The molecule has 0 radical (unpaired) electrons. The molecule has 0 aromatic heterocycles. The molecule has 3 nitrogen and oxygen atoms in total. The molecule has 86 valence electrons. The zero-order chi connectivity index (χ0) is 10.7. The van der Waals surface area contributed by atoms with Crippen LogP contribution in [0.25, 0.3) is 0 Å². The quantitative estimate of drug-likeness (QED) is 0.737. The van der Waals surface area contributed by atoms with Gasteiger partial charge in [0.25, 0.3) is 0 Å². The number of primary amides is 1. The van der Waals surface area contributed by atoms with Gasteiger partial charge in [0, 0.05) is 6.04 Å². The third kappa shape index (κ3) is 2.71. The molecule has 0 aromatic carbocycles. The Balaban J connectivity index is 1.78. The zero-order valence-electron chi connectivity index (χ0n) is 9.37. The van der Waals surface area contributed by atoms with Crippen molar-refractivity contribution in [1.82, 2.24) is 5.32 Å².